The van der Waals surface area contributed by atoms with Crippen LogP contribution in [0.25, 0.3) is 0 Å². The third-order valence-corrected chi connectivity index (χ3v) is 1.08. The maximum atomic E-state index is 5.51. The van der Waals surface area contributed by atoms with Crippen molar-refractivity contribution in [3.05, 3.63) is 12.7 Å². The second-order valence-electron chi connectivity index (χ2n) is 1.74. The molecule has 64 valence electrons. The van der Waals surface area contributed by atoms with Crippen molar-refractivity contribution in [2.24, 2.45) is 5.16 Å². The Morgan fingerprint density at radius 3 is 2.91 bits per heavy atom. The van der Waals surface area contributed by atoms with Crippen LogP contribution < -0.4 is 0 Å². The molecule has 0 spiro atoms. The highest BCUT2D eigenvalue weighted by Crippen LogP contribution is 1.99. The Bertz CT molecular complexity index is 147. The Balaban J connectivity index is 3.62. The number of halogens is 1. The van der Waals surface area contributed by atoms with Crippen LogP contribution >= 0.6 is 11.6 Å². The maximum Gasteiger partial charge on any atom is 0.222 e. The minimum absolute atomic E-state index is 0.458. The standard InChI is InChI=1S/C7H12ClNO2/c1-4-7(8)11-9-6(3)10-5-2/h4,7H,1,5H2,2-3H3/b9-6+. The molecule has 0 amide bonds. The molecule has 0 aliphatic carbocycles. The highest BCUT2D eigenvalue weighted by molar-refractivity contribution is 6.20. The Kier molecular flexibility index (Phi) is 5.65. The van der Waals surface area contributed by atoms with E-state index in [1.54, 1.807) is 6.92 Å². The zero-order chi connectivity index (χ0) is 8.69. The molecule has 0 aromatic carbocycles. The third kappa shape index (κ3) is 5.73. The Morgan fingerprint density at radius 1 is 1.82 bits per heavy atom. The molecule has 0 radical (unpaired) electrons. The molecule has 0 bridgehead atoms. The van der Waals surface area contributed by atoms with E-state index in [0.29, 0.717) is 12.5 Å². The summed E-state index contributed by atoms with van der Waals surface area (Å²) in [5.74, 6) is 0.458. The highest BCUT2D eigenvalue weighted by Gasteiger charge is 1.96. The zero-order valence-electron chi connectivity index (χ0n) is 6.71. The fourth-order valence-electron chi connectivity index (χ4n) is 0.403. The minimum atomic E-state index is -0.592. The number of hydrogen-bond acceptors (Lipinski definition) is 3. The molecule has 1 atom stereocenters. The number of rotatable bonds is 4. The van der Waals surface area contributed by atoms with E-state index in [-0.39, 0.29) is 0 Å². The second-order valence-corrected chi connectivity index (χ2v) is 2.17. The molecule has 0 fully saturated rings. The SMILES string of the molecule is C=CC(Cl)O/N=C(\C)OCC. The van der Waals surface area contributed by atoms with Crippen molar-refractivity contribution < 1.29 is 9.57 Å². The van der Waals surface area contributed by atoms with Gasteiger partial charge in [-0.25, -0.2) is 0 Å². The molecule has 3 nitrogen and oxygen atoms in total. The van der Waals surface area contributed by atoms with E-state index in [1.807, 2.05) is 6.92 Å². The summed E-state index contributed by atoms with van der Waals surface area (Å²) < 4.78 is 4.97. The predicted molar refractivity (Wildman–Crippen MR) is 45.7 cm³/mol. The van der Waals surface area contributed by atoms with Gasteiger partial charge in [0, 0.05) is 6.92 Å². The van der Waals surface area contributed by atoms with Crippen LogP contribution in [0.5, 0.6) is 0 Å². The second kappa shape index (κ2) is 6.04. The average molecular weight is 178 g/mol. The van der Waals surface area contributed by atoms with E-state index < -0.39 is 5.56 Å². The van der Waals surface area contributed by atoms with Crippen molar-refractivity contribution in [1.82, 2.24) is 0 Å². The number of nitrogens with zero attached hydrogens (tertiary/aromatic N) is 1. The molecule has 1 unspecified atom stereocenters. The van der Waals surface area contributed by atoms with Gasteiger partial charge in [0.15, 0.2) is 0 Å². The van der Waals surface area contributed by atoms with Crippen molar-refractivity contribution in [2.45, 2.75) is 19.4 Å². The summed E-state index contributed by atoms with van der Waals surface area (Å²) in [6, 6.07) is 0. The lowest BCUT2D eigenvalue weighted by molar-refractivity contribution is 0.134. The van der Waals surface area contributed by atoms with Crippen LogP contribution in [-0.2, 0) is 9.57 Å². The van der Waals surface area contributed by atoms with Crippen LogP contribution in [0.4, 0.5) is 0 Å². The first-order valence-corrected chi connectivity index (χ1v) is 3.74. The van der Waals surface area contributed by atoms with Crippen LogP contribution in [-0.4, -0.2) is 18.1 Å². The summed E-state index contributed by atoms with van der Waals surface area (Å²) >= 11 is 5.51. The molecule has 0 aliphatic rings. The van der Waals surface area contributed by atoms with Crippen molar-refractivity contribution in [2.75, 3.05) is 6.61 Å². The summed E-state index contributed by atoms with van der Waals surface area (Å²) in [5, 5.41) is 3.58. The lowest BCUT2D eigenvalue weighted by Crippen LogP contribution is -2.02. The van der Waals surface area contributed by atoms with Gasteiger partial charge in [-0.05, 0) is 13.0 Å². The van der Waals surface area contributed by atoms with Crippen LogP contribution in [0.15, 0.2) is 17.8 Å². The zero-order valence-corrected chi connectivity index (χ0v) is 7.47. The normalized spacial score (nSPS) is 13.9. The third-order valence-electron chi connectivity index (χ3n) is 0.820. The first kappa shape index (κ1) is 10.3. The first-order valence-electron chi connectivity index (χ1n) is 3.30. The van der Waals surface area contributed by atoms with Gasteiger partial charge in [-0.1, -0.05) is 23.3 Å². The molecule has 0 aromatic rings. The largest absolute Gasteiger partial charge is 0.479 e. The predicted octanol–water partition coefficient (Wildman–Crippen LogP) is 2.12. The van der Waals surface area contributed by atoms with Gasteiger partial charge in [-0.3, -0.25) is 0 Å². The van der Waals surface area contributed by atoms with Crippen LogP contribution in [0.2, 0.25) is 0 Å². The summed E-state index contributed by atoms with van der Waals surface area (Å²) in [7, 11) is 0. The molecule has 0 N–H and O–H groups in total. The van der Waals surface area contributed by atoms with Crippen LogP contribution in [0, 0.1) is 0 Å². The smallest absolute Gasteiger partial charge is 0.222 e. The Labute approximate surface area is 71.6 Å². The van der Waals surface area contributed by atoms with Gasteiger partial charge in [0.1, 0.15) is 0 Å². The number of ether oxygens (including phenoxy) is 1. The van der Waals surface area contributed by atoms with Gasteiger partial charge in [0.05, 0.1) is 6.61 Å². The molecule has 0 heterocycles. The van der Waals surface area contributed by atoms with Gasteiger partial charge in [0.2, 0.25) is 11.5 Å². The molecule has 0 aliphatic heterocycles. The van der Waals surface area contributed by atoms with Crippen LogP contribution in [0.3, 0.4) is 0 Å². The van der Waals surface area contributed by atoms with E-state index in [2.05, 4.69) is 11.7 Å². The van der Waals surface area contributed by atoms with Gasteiger partial charge < -0.3 is 9.57 Å². The first-order chi connectivity index (χ1) is 5.20. The lowest BCUT2D eigenvalue weighted by atomic mass is 10.7. The molecule has 4 heteroatoms. The molecule has 0 saturated heterocycles. The fraction of sp³-hybridized carbons (Fsp3) is 0.571. The van der Waals surface area contributed by atoms with Gasteiger partial charge in [-0.15, -0.1) is 0 Å². The van der Waals surface area contributed by atoms with Gasteiger partial charge in [0.25, 0.3) is 0 Å². The van der Waals surface area contributed by atoms with E-state index in [4.69, 9.17) is 21.2 Å². The summed E-state index contributed by atoms with van der Waals surface area (Å²) in [4.78, 5) is 4.72. The lowest BCUT2D eigenvalue weighted by Gasteiger charge is -2.03. The van der Waals surface area contributed by atoms with E-state index in [0.717, 1.165) is 0 Å². The van der Waals surface area contributed by atoms with Crippen molar-refractivity contribution >= 4 is 17.5 Å². The number of oxime groups is 1. The minimum Gasteiger partial charge on any atom is -0.479 e. The quantitative estimate of drug-likeness (QED) is 0.217. The van der Waals surface area contributed by atoms with E-state index in [1.165, 1.54) is 6.08 Å². The monoisotopic (exact) mass is 177 g/mol. The molecule has 0 saturated carbocycles. The molecule has 11 heavy (non-hydrogen) atoms. The molecular formula is C7H12ClNO2. The highest BCUT2D eigenvalue weighted by atomic mass is 35.5. The number of hydrogen-bond donors (Lipinski definition) is 0. The van der Waals surface area contributed by atoms with Gasteiger partial charge in [-0.2, -0.15) is 0 Å². The number of alkyl halides is 1. The maximum absolute atomic E-state index is 5.51. The Hall–Kier alpha value is -0.700. The van der Waals surface area contributed by atoms with E-state index in [9.17, 15) is 0 Å². The molecule has 0 rings (SSSR count). The Morgan fingerprint density at radius 2 is 2.45 bits per heavy atom. The van der Waals surface area contributed by atoms with Gasteiger partial charge >= 0.3 is 0 Å². The van der Waals surface area contributed by atoms with E-state index >= 15 is 0 Å². The molecule has 0 aromatic heterocycles. The topological polar surface area (TPSA) is 30.8 Å². The van der Waals surface area contributed by atoms with Crippen molar-refractivity contribution in [3.8, 4) is 0 Å². The fourth-order valence-corrected chi connectivity index (χ4v) is 0.443. The average Bonchev–Trinajstić information content (AvgIpc) is 2.01. The van der Waals surface area contributed by atoms with Crippen molar-refractivity contribution in [3.63, 3.8) is 0 Å². The summed E-state index contributed by atoms with van der Waals surface area (Å²) in [6.45, 7) is 7.54. The van der Waals surface area contributed by atoms with Crippen molar-refractivity contribution in [1.29, 1.82) is 0 Å². The summed E-state index contributed by atoms with van der Waals surface area (Å²) in [5.41, 5.74) is -0.592. The summed E-state index contributed by atoms with van der Waals surface area (Å²) in [6.07, 6.45) is 1.43. The molecular weight excluding hydrogens is 166 g/mol. The van der Waals surface area contributed by atoms with Crippen LogP contribution in [0.1, 0.15) is 13.8 Å².